The zero-order valence-corrected chi connectivity index (χ0v) is 20.7. The van der Waals surface area contributed by atoms with Crippen LogP contribution in [0.1, 0.15) is 27.2 Å². The van der Waals surface area contributed by atoms with Gasteiger partial charge in [-0.05, 0) is 77.4 Å². The van der Waals surface area contributed by atoms with Gasteiger partial charge in [0.15, 0.2) is 0 Å². The van der Waals surface area contributed by atoms with Gasteiger partial charge in [0.2, 0.25) is 0 Å². The third-order valence-electron chi connectivity index (χ3n) is 6.37. The second kappa shape index (κ2) is 9.88. The molecular formula is C30H24ClNO4. The highest BCUT2D eigenvalue weighted by molar-refractivity contribution is 6.30. The Morgan fingerprint density at radius 2 is 1.64 bits per heavy atom. The van der Waals surface area contributed by atoms with Gasteiger partial charge in [-0.15, -0.1) is 0 Å². The van der Waals surface area contributed by atoms with Crippen LogP contribution in [0.15, 0.2) is 84.9 Å². The lowest BCUT2D eigenvalue weighted by atomic mass is 10.1. The number of benzene rings is 4. The van der Waals surface area contributed by atoms with Gasteiger partial charge in [-0.1, -0.05) is 48.0 Å². The summed E-state index contributed by atoms with van der Waals surface area (Å²) in [7, 11) is 1.58. The number of rotatable bonds is 6. The fourth-order valence-electron chi connectivity index (χ4n) is 4.48. The van der Waals surface area contributed by atoms with Gasteiger partial charge < -0.3 is 9.47 Å². The Morgan fingerprint density at radius 3 is 2.39 bits per heavy atom. The van der Waals surface area contributed by atoms with E-state index in [2.05, 4.69) is 0 Å². The van der Waals surface area contributed by atoms with Crippen LogP contribution in [-0.2, 0) is 22.6 Å². The molecule has 1 aromatic heterocycles. The molecular weight excluding hydrogens is 474 g/mol. The molecule has 0 unspecified atom stereocenters. The first-order valence-electron chi connectivity index (χ1n) is 11.6. The topological polar surface area (TPSA) is 57.5 Å². The molecule has 0 radical (unpaired) electrons. The van der Waals surface area contributed by atoms with Crippen LogP contribution >= 0.6 is 11.6 Å². The van der Waals surface area contributed by atoms with Crippen molar-refractivity contribution in [3.05, 3.63) is 112 Å². The Morgan fingerprint density at radius 1 is 0.889 bits per heavy atom. The zero-order valence-electron chi connectivity index (χ0n) is 20.0. The van der Waals surface area contributed by atoms with Gasteiger partial charge in [-0.2, -0.15) is 0 Å². The van der Waals surface area contributed by atoms with E-state index in [0.29, 0.717) is 27.5 Å². The molecule has 1 heterocycles. The van der Waals surface area contributed by atoms with Crippen molar-refractivity contribution in [3.8, 4) is 5.75 Å². The minimum atomic E-state index is -0.368. The highest BCUT2D eigenvalue weighted by Gasteiger charge is 2.22. The lowest BCUT2D eigenvalue weighted by Gasteiger charge is -2.09. The molecule has 5 nitrogen and oxygen atoms in total. The molecule has 0 amide bonds. The van der Waals surface area contributed by atoms with Crippen LogP contribution in [0.5, 0.6) is 5.75 Å². The summed E-state index contributed by atoms with van der Waals surface area (Å²) in [5.41, 5.74) is 3.53. The number of fused-ring (bicyclic) bond motifs is 2. The Balaban J connectivity index is 1.44. The van der Waals surface area contributed by atoms with E-state index in [4.69, 9.17) is 21.1 Å². The predicted octanol–water partition coefficient (Wildman–Crippen LogP) is 6.74. The highest BCUT2D eigenvalue weighted by Crippen LogP contribution is 2.31. The van der Waals surface area contributed by atoms with Crippen LogP contribution in [0.2, 0.25) is 5.02 Å². The van der Waals surface area contributed by atoms with Crippen molar-refractivity contribution < 1.29 is 19.1 Å². The van der Waals surface area contributed by atoms with Crippen molar-refractivity contribution in [2.45, 2.75) is 20.0 Å². The Labute approximate surface area is 213 Å². The molecule has 5 rings (SSSR count). The monoisotopic (exact) mass is 497 g/mol. The number of hydrogen-bond acceptors (Lipinski definition) is 4. The van der Waals surface area contributed by atoms with Crippen LogP contribution in [-0.4, -0.2) is 23.6 Å². The Bertz CT molecular complexity index is 1600. The number of hydrogen-bond donors (Lipinski definition) is 0. The van der Waals surface area contributed by atoms with E-state index < -0.39 is 0 Å². The molecule has 0 aliphatic rings. The summed E-state index contributed by atoms with van der Waals surface area (Å²) in [5, 5.41) is 3.56. The average Bonchev–Trinajstić information content (AvgIpc) is 3.17. The Hall–Kier alpha value is -4.09. The summed E-state index contributed by atoms with van der Waals surface area (Å²) in [5.74, 6) is 0.0755. The summed E-state index contributed by atoms with van der Waals surface area (Å²) >= 11 is 6.00. The van der Waals surface area contributed by atoms with Gasteiger partial charge in [0.05, 0.1) is 19.0 Å². The smallest absolute Gasteiger partial charge is 0.310 e. The first kappa shape index (κ1) is 23.6. The zero-order chi connectivity index (χ0) is 25.2. The lowest BCUT2D eigenvalue weighted by Crippen LogP contribution is -2.14. The minimum Gasteiger partial charge on any atom is -0.497 e. The number of methoxy groups -OCH3 is 1. The molecule has 0 saturated carbocycles. The maximum Gasteiger partial charge on any atom is 0.310 e. The first-order chi connectivity index (χ1) is 17.4. The number of nitrogens with zero attached hydrogens (tertiary/aromatic N) is 1. The van der Waals surface area contributed by atoms with Gasteiger partial charge >= 0.3 is 5.97 Å². The standard InChI is InChI=1S/C30H24ClNO4/c1-19-26(17-29(33)36-18-20-7-8-21-5-3-4-6-23(21)15-20)27-16-25(35-2)13-14-28(27)32(19)30(34)22-9-11-24(31)12-10-22/h3-16H,17-18H2,1-2H3. The third kappa shape index (κ3) is 4.58. The molecule has 0 fully saturated rings. The molecule has 0 aliphatic carbocycles. The summed E-state index contributed by atoms with van der Waals surface area (Å²) in [6, 6.07) is 26.3. The number of ether oxygens (including phenoxy) is 2. The van der Waals surface area contributed by atoms with Crippen molar-refractivity contribution >= 4 is 45.2 Å². The van der Waals surface area contributed by atoms with Crippen LogP contribution in [0.25, 0.3) is 21.7 Å². The molecule has 0 spiro atoms. The number of aromatic nitrogens is 1. The average molecular weight is 498 g/mol. The number of carbonyl (C=O) groups is 2. The number of halogens is 1. The quantitative estimate of drug-likeness (QED) is 0.244. The van der Waals surface area contributed by atoms with Gasteiger partial charge in [0.1, 0.15) is 12.4 Å². The Kier molecular flexibility index (Phi) is 6.49. The summed E-state index contributed by atoms with van der Waals surface area (Å²) in [6.45, 7) is 2.01. The molecule has 0 saturated heterocycles. The third-order valence-corrected chi connectivity index (χ3v) is 6.62. The largest absolute Gasteiger partial charge is 0.497 e. The number of esters is 1. The molecule has 4 aromatic carbocycles. The molecule has 6 heteroatoms. The van der Waals surface area contributed by atoms with E-state index in [-0.39, 0.29) is 24.9 Å². The van der Waals surface area contributed by atoms with Gasteiger partial charge in [0.25, 0.3) is 5.91 Å². The maximum absolute atomic E-state index is 13.4. The SMILES string of the molecule is COc1ccc2c(c1)c(CC(=O)OCc1ccc3ccccc3c1)c(C)n2C(=O)c1ccc(Cl)cc1. The van der Waals surface area contributed by atoms with E-state index in [0.717, 1.165) is 27.3 Å². The molecule has 5 aromatic rings. The molecule has 36 heavy (non-hydrogen) atoms. The fourth-order valence-corrected chi connectivity index (χ4v) is 4.61. The molecule has 180 valence electrons. The van der Waals surface area contributed by atoms with Crippen molar-refractivity contribution in [1.29, 1.82) is 0 Å². The lowest BCUT2D eigenvalue weighted by molar-refractivity contribution is -0.144. The number of carbonyl (C=O) groups excluding carboxylic acids is 2. The van der Waals surface area contributed by atoms with Crippen LogP contribution < -0.4 is 4.74 Å². The van der Waals surface area contributed by atoms with Crippen molar-refractivity contribution in [3.63, 3.8) is 0 Å². The van der Waals surface area contributed by atoms with E-state index in [1.807, 2.05) is 61.5 Å². The summed E-state index contributed by atoms with van der Waals surface area (Å²) < 4.78 is 12.7. The van der Waals surface area contributed by atoms with Gasteiger partial charge in [0, 0.05) is 21.7 Å². The first-order valence-corrected chi connectivity index (χ1v) is 11.9. The second-order valence-electron chi connectivity index (χ2n) is 8.61. The second-order valence-corrected chi connectivity index (χ2v) is 9.05. The van der Waals surface area contributed by atoms with E-state index in [1.54, 1.807) is 42.0 Å². The highest BCUT2D eigenvalue weighted by atomic mass is 35.5. The van der Waals surface area contributed by atoms with Crippen molar-refractivity contribution in [2.24, 2.45) is 0 Å². The van der Waals surface area contributed by atoms with Crippen LogP contribution in [0, 0.1) is 6.92 Å². The predicted molar refractivity (Wildman–Crippen MR) is 142 cm³/mol. The van der Waals surface area contributed by atoms with Crippen molar-refractivity contribution in [1.82, 2.24) is 4.57 Å². The normalized spacial score (nSPS) is 11.1. The van der Waals surface area contributed by atoms with Crippen molar-refractivity contribution in [2.75, 3.05) is 7.11 Å². The van der Waals surface area contributed by atoms with E-state index >= 15 is 0 Å². The minimum absolute atomic E-state index is 0.0317. The van der Waals surface area contributed by atoms with Crippen LogP contribution in [0.3, 0.4) is 0 Å². The van der Waals surface area contributed by atoms with E-state index in [1.165, 1.54) is 0 Å². The molecule has 0 N–H and O–H groups in total. The fraction of sp³-hybridized carbons (Fsp3) is 0.133. The van der Waals surface area contributed by atoms with Gasteiger partial charge in [-0.25, -0.2) is 0 Å². The van der Waals surface area contributed by atoms with Crippen LogP contribution in [0.4, 0.5) is 0 Å². The summed E-state index contributed by atoms with van der Waals surface area (Å²) in [4.78, 5) is 26.4. The van der Waals surface area contributed by atoms with E-state index in [9.17, 15) is 9.59 Å². The maximum atomic E-state index is 13.4. The molecule has 0 aliphatic heterocycles. The molecule has 0 bridgehead atoms. The van der Waals surface area contributed by atoms with Gasteiger partial charge in [-0.3, -0.25) is 14.2 Å². The molecule has 0 atom stereocenters. The summed E-state index contributed by atoms with van der Waals surface area (Å²) in [6.07, 6.45) is 0.0317.